The van der Waals surface area contributed by atoms with Gasteiger partial charge in [-0.25, -0.2) is 0 Å². The third kappa shape index (κ3) is 5.92. The molecule has 0 spiro atoms. The van der Waals surface area contributed by atoms with Gasteiger partial charge in [0, 0.05) is 0 Å². The second-order valence-electron chi connectivity index (χ2n) is 8.04. The number of hydrogen-bond donors (Lipinski definition) is 1. The largest absolute Gasteiger partial charge is 0.493 e. The Morgan fingerprint density at radius 2 is 1.86 bits per heavy atom. The van der Waals surface area contributed by atoms with Gasteiger partial charge in [-0.05, 0) is 67.4 Å². The zero-order chi connectivity index (χ0) is 24.8. The number of hydrazone groups is 1. The predicted molar refractivity (Wildman–Crippen MR) is 140 cm³/mol. The lowest BCUT2D eigenvalue weighted by Gasteiger charge is -2.20. The SMILES string of the molecule is CCCCC1=NN2C(=N)/C(=C\c3ccc(OCCOc4ccc(C)cc4)c(OC)c3)C(=O)N=C2S1. The molecular weight excluding hydrogens is 464 g/mol. The molecule has 0 saturated carbocycles. The average molecular weight is 493 g/mol. The number of methoxy groups -OCH3 is 1. The summed E-state index contributed by atoms with van der Waals surface area (Å²) in [6, 6.07) is 13.2. The van der Waals surface area contributed by atoms with E-state index in [1.54, 1.807) is 31.4 Å². The Kier molecular flexibility index (Phi) is 7.87. The normalized spacial score (nSPS) is 16.2. The van der Waals surface area contributed by atoms with E-state index in [0.717, 1.165) is 30.1 Å². The molecule has 0 aromatic heterocycles. The molecule has 9 heteroatoms. The maximum atomic E-state index is 12.6. The number of fused-ring (bicyclic) bond motifs is 1. The predicted octanol–water partition coefficient (Wildman–Crippen LogP) is 5.27. The average Bonchev–Trinajstić information content (AvgIpc) is 3.27. The van der Waals surface area contributed by atoms with Crippen LogP contribution in [0.4, 0.5) is 0 Å². The van der Waals surface area contributed by atoms with Crippen LogP contribution in [-0.4, -0.2) is 47.3 Å². The van der Waals surface area contributed by atoms with Crippen LogP contribution in [0.25, 0.3) is 6.08 Å². The molecule has 35 heavy (non-hydrogen) atoms. The first-order valence-electron chi connectivity index (χ1n) is 11.5. The first-order valence-corrected chi connectivity index (χ1v) is 12.3. The minimum absolute atomic E-state index is 0.0200. The second-order valence-corrected chi connectivity index (χ2v) is 9.08. The van der Waals surface area contributed by atoms with Gasteiger partial charge in [0.2, 0.25) is 5.17 Å². The lowest BCUT2D eigenvalue weighted by atomic mass is 10.1. The van der Waals surface area contributed by atoms with Gasteiger partial charge in [-0.2, -0.15) is 15.1 Å². The topological polar surface area (TPSA) is 96.6 Å². The first kappa shape index (κ1) is 24.5. The number of aliphatic imine (C=N–C) groups is 1. The molecule has 2 aromatic rings. The van der Waals surface area contributed by atoms with Crippen LogP contribution in [0, 0.1) is 12.3 Å². The van der Waals surface area contributed by atoms with Crippen molar-refractivity contribution in [3.8, 4) is 17.2 Å². The Balaban J connectivity index is 1.42. The van der Waals surface area contributed by atoms with Crippen LogP contribution in [0.5, 0.6) is 17.2 Å². The summed E-state index contributed by atoms with van der Waals surface area (Å²) < 4.78 is 17.0. The Hall–Kier alpha value is -3.59. The van der Waals surface area contributed by atoms with Crippen molar-refractivity contribution in [2.75, 3.05) is 20.3 Å². The Morgan fingerprint density at radius 3 is 2.60 bits per heavy atom. The molecule has 0 saturated heterocycles. The Labute approximate surface area is 209 Å². The summed E-state index contributed by atoms with van der Waals surface area (Å²) in [7, 11) is 1.56. The highest BCUT2D eigenvalue weighted by molar-refractivity contribution is 8.26. The molecule has 1 N–H and O–H groups in total. The molecule has 0 bridgehead atoms. The van der Waals surface area contributed by atoms with E-state index in [2.05, 4.69) is 17.0 Å². The van der Waals surface area contributed by atoms with E-state index >= 15 is 0 Å². The van der Waals surface area contributed by atoms with Crippen LogP contribution < -0.4 is 14.2 Å². The first-order chi connectivity index (χ1) is 17.0. The van der Waals surface area contributed by atoms with Gasteiger partial charge in [0.05, 0.1) is 12.7 Å². The highest BCUT2D eigenvalue weighted by Crippen LogP contribution is 2.32. The minimum Gasteiger partial charge on any atom is -0.493 e. The van der Waals surface area contributed by atoms with Crippen LogP contribution in [0.15, 0.2) is 58.1 Å². The number of nitrogens with zero attached hydrogens (tertiary/aromatic N) is 3. The fourth-order valence-electron chi connectivity index (χ4n) is 3.47. The van der Waals surface area contributed by atoms with Crippen molar-refractivity contribution in [3.05, 3.63) is 59.2 Å². The fourth-order valence-corrected chi connectivity index (χ4v) is 4.39. The zero-order valence-corrected chi connectivity index (χ0v) is 20.9. The van der Waals surface area contributed by atoms with Gasteiger partial charge in [-0.1, -0.05) is 37.1 Å². The lowest BCUT2D eigenvalue weighted by molar-refractivity contribution is -0.114. The van der Waals surface area contributed by atoms with E-state index in [1.807, 2.05) is 31.2 Å². The summed E-state index contributed by atoms with van der Waals surface area (Å²) in [6.07, 6.45) is 4.49. The van der Waals surface area contributed by atoms with Gasteiger partial charge in [0.15, 0.2) is 17.3 Å². The number of benzene rings is 2. The number of thioether (sulfide) groups is 1. The smallest absolute Gasteiger partial charge is 0.283 e. The number of unbranched alkanes of at least 4 members (excludes halogenated alkanes) is 1. The van der Waals surface area contributed by atoms with E-state index in [0.29, 0.717) is 35.4 Å². The number of carbonyl (C=O) groups excluding carboxylic acids is 1. The summed E-state index contributed by atoms with van der Waals surface area (Å²) in [5.74, 6) is 1.44. The summed E-state index contributed by atoms with van der Waals surface area (Å²) >= 11 is 1.36. The fraction of sp³-hybridized carbons (Fsp3) is 0.308. The Morgan fingerprint density at radius 1 is 1.09 bits per heavy atom. The number of aryl methyl sites for hydroxylation is 1. The van der Waals surface area contributed by atoms with E-state index in [1.165, 1.54) is 22.3 Å². The maximum absolute atomic E-state index is 12.6. The standard InChI is InChI=1S/C26H28N4O4S/c1-4-5-6-23-29-30-24(27)20(25(31)28-26(30)35-23)15-18-9-12-21(22(16-18)32-3)34-14-13-33-19-10-7-17(2)8-11-19/h7-12,15-16,27H,4-6,13-14H2,1-3H3/b20-15+,27-24?. The van der Waals surface area contributed by atoms with E-state index in [-0.39, 0.29) is 11.4 Å². The van der Waals surface area contributed by atoms with E-state index < -0.39 is 5.91 Å². The lowest BCUT2D eigenvalue weighted by Crippen LogP contribution is -2.35. The highest BCUT2D eigenvalue weighted by Gasteiger charge is 2.35. The van der Waals surface area contributed by atoms with Gasteiger partial charge in [0.1, 0.15) is 24.0 Å². The molecule has 4 rings (SSSR count). The van der Waals surface area contributed by atoms with Crippen molar-refractivity contribution in [3.63, 3.8) is 0 Å². The monoisotopic (exact) mass is 492 g/mol. The third-order valence-electron chi connectivity index (χ3n) is 5.37. The van der Waals surface area contributed by atoms with E-state index in [4.69, 9.17) is 19.6 Å². The number of nitrogens with one attached hydrogen (secondary N) is 1. The third-order valence-corrected chi connectivity index (χ3v) is 6.34. The van der Waals surface area contributed by atoms with Crippen molar-refractivity contribution in [2.24, 2.45) is 10.1 Å². The van der Waals surface area contributed by atoms with Gasteiger partial charge in [-0.15, -0.1) is 0 Å². The summed E-state index contributed by atoms with van der Waals surface area (Å²) in [4.78, 5) is 16.8. The van der Waals surface area contributed by atoms with Crippen LogP contribution in [-0.2, 0) is 4.79 Å². The minimum atomic E-state index is -0.451. The van der Waals surface area contributed by atoms with E-state index in [9.17, 15) is 4.79 Å². The highest BCUT2D eigenvalue weighted by atomic mass is 32.2. The molecule has 8 nitrogen and oxygen atoms in total. The van der Waals surface area contributed by atoms with Crippen molar-refractivity contribution < 1.29 is 19.0 Å². The molecule has 2 aromatic carbocycles. The number of hydrogen-bond acceptors (Lipinski definition) is 7. The Bertz CT molecular complexity index is 1200. The van der Waals surface area contributed by atoms with Crippen molar-refractivity contribution in [2.45, 2.75) is 33.1 Å². The zero-order valence-electron chi connectivity index (χ0n) is 20.0. The molecular formula is C26H28N4O4S. The quantitative estimate of drug-likeness (QED) is 0.358. The summed E-state index contributed by atoms with van der Waals surface area (Å²) in [5.41, 5.74) is 2.05. The molecule has 0 aliphatic carbocycles. The number of rotatable bonds is 10. The number of carbonyl (C=O) groups is 1. The van der Waals surface area contributed by atoms with Gasteiger partial charge >= 0.3 is 0 Å². The molecule has 0 unspecified atom stereocenters. The molecule has 0 radical (unpaired) electrons. The van der Waals surface area contributed by atoms with Crippen LogP contribution in [0.1, 0.15) is 37.3 Å². The van der Waals surface area contributed by atoms with Gasteiger partial charge in [0.25, 0.3) is 5.91 Å². The maximum Gasteiger partial charge on any atom is 0.283 e. The van der Waals surface area contributed by atoms with Crippen LogP contribution >= 0.6 is 11.8 Å². The number of amides is 1. The second kappa shape index (κ2) is 11.2. The molecule has 0 fully saturated rings. The molecule has 2 aliphatic rings. The van der Waals surface area contributed by atoms with Crippen molar-refractivity contribution >= 4 is 39.8 Å². The summed E-state index contributed by atoms with van der Waals surface area (Å²) in [6.45, 7) is 4.87. The summed E-state index contributed by atoms with van der Waals surface area (Å²) in [5, 5.41) is 15.8. The molecule has 1 amide bonds. The molecule has 182 valence electrons. The molecule has 0 atom stereocenters. The molecule has 2 heterocycles. The number of ether oxygens (including phenoxy) is 3. The van der Waals surface area contributed by atoms with Crippen molar-refractivity contribution in [1.82, 2.24) is 5.01 Å². The van der Waals surface area contributed by atoms with Crippen LogP contribution in [0.3, 0.4) is 0 Å². The number of amidine groups is 2. The van der Waals surface area contributed by atoms with Gasteiger partial charge in [-0.3, -0.25) is 10.2 Å². The van der Waals surface area contributed by atoms with Gasteiger partial charge < -0.3 is 14.2 Å². The van der Waals surface area contributed by atoms with Crippen LogP contribution in [0.2, 0.25) is 0 Å². The van der Waals surface area contributed by atoms with Crippen molar-refractivity contribution in [1.29, 1.82) is 5.41 Å². The molecule has 2 aliphatic heterocycles.